The highest BCUT2D eigenvalue weighted by atomic mass is 16.2. The summed E-state index contributed by atoms with van der Waals surface area (Å²) < 4.78 is 0. The number of rotatable bonds is 5. The fourth-order valence-electron chi connectivity index (χ4n) is 3.63. The smallest absolute Gasteiger partial charge is 0.239 e. The second-order valence-electron chi connectivity index (χ2n) is 8.06. The lowest BCUT2D eigenvalue weighted by atomic mass is 10.00. The number of carbonyl (C=O) groups is 2. The summed E-state index contributed by atoms with van der Waals surface area (Å²) >= 11 is 0. The number of hydrogen-bond acceptors (Lipinski definition) is 2. The number of amides is 2. The van der Waals surface area contributed by atoms with Crippen LogP contribution in [0, 0.1) is 25.7 Å². The molecular weight excluding hydrogens is 312 g/mol. The molecule has 2 fully saturated rings. The third kappa shape index (κ3) is 3.44. The van der Waals surface area contributed by atoms with Gasteiger partial charge in [0.1, 0.15) is 5.92 Å². The van der Waals surface area contributed by atoms with Gasteiger partial charge in [-0.1, -0.05) is 19.9 Å². The summed E-state index contributed by atoms with van der Waals surface area (Å²) in [6.45, 7) is 11.2. The predicted octanol–water partition coefficient (Wildman–Crippen LogP) is 3.69. The van der Waals surface area contributed by atoms with Crippen LogP contribution in [-0.2, 0) is 9.59 Å². The van der Waals surface area contributed by atoms with E-state index in [1.54, 1.807) is 4.90 Å². The van der Waals surface area contributed by atoms with Gasteiger partial charge in [0.2, 0.25) is 11.8 Å². The van der Waals surface area contributed by atoms with Crippen LogP contribution in [0.25, 0.3) is 0 Å². The van der Waals surface area contributed by atoms with E-state index in [4.69, 9.17) is 0 Å². The Hall–Kier alpha value is -1.84. The molecule has 2 atom stereocenters. The van der Waals surface area contributed by atoms with E-state index in [1.807, 2.05) is 17.0 Å². The Balaban J connectivity index is 1.78. The van der Waals surface area contributed by atoms with Gasteiger partial charge in [-0.05, 0) is 69.2 Å². The molecule has 2 unspecified atom stereocenters. The second-order valence-corrected chi connectivity index (χ2v) is 8.06. The molecule has 1 aliphatic carbocycles. The molecule has 4 nitrogen and oxygen atoms in total. The maximum atomic E-state index is 13.2. The maximum Gasteiger partial charge on any atom is 0.239 e. The Morgan fingerprint density at radius 3 is 2.36 bits per heavy atom. The summed E-state index contributed by atoms with van der Waals surface area (Å²) in [7, 11) is 0. The van der Waals surface area contributed by atoms with Crippen molar-refractivity contribution < 1.29 is 9.59 Å². The molecule has 0 bridgehead atoms. The first kappa shape index (κ1) is 18.0. The van der Waals surface area contributed by atoms with Crippen molar-refractivity contribution in [2.75, 3.05) is 11.4 Å². The van der Waals surface area contributed by atoms with Crippen LogP contribution in [0.3, 0.4) is 0 Å². The molecule has 2 aliphatic rings. The van der Waals surface area contributed by atoms with Crippen molar-refractivity contribution in [3.05, 3.63) is 29.3 Å². The van der Waals surface area contributed by atoms with Gasteiger partial charge < -0.3 is 9.80 Å². The summed E-state index contributed by atoms with van der Waals surface area (Å²) in [4.78, 5) is 29.9. The summed E-state index contributed by atoms with van der Waals surface area (Å²) in [6, 6.07) is 6.61. The third-order valence-electron chi connectivity index (χ3n) is 5.90. The highest BCUT2D eigenvalue weighted by molar-refractivity contribution is 6.09. The average Bonchev–Trinajstić information content (AvgIpc) is 3.31. The molecule has 4 heteroatoms. The van der Waals surface area contributed by atoms with Gasteiger partial charge in [0.05, 0.1) is 0 Å². The van der Waals surface area contributed by atoms with Crippen LogP contribution in [0.1, 0.15) is 51.2 Å². The summed E-state index contributed by atoms with van der Waals surface area (Å²) in [5, 5.41) is 0. The van der Waals surface area contributed by atoms with Crippen LogP contribution >= 0.6 is 0 Å². The SMILES string of the molecule is Cc1ccc(N2CCC(C(=O)N(C3CC3)C(C)C(C)C)C2=O)cc1C. The molecule has 1 heterocycles. The van der Waals surface area contributed by atoms with Crippen molar-refractivity contribution in [2.45, 2.75) is 66.0 Å². The molecule has 2 amide bonds. The topological polar surface area (TPSA) is 40.6 Å². The second kappa shape index (κ2) is 6.81. The summed E-state index contributed by atoms with van der Waals surface area (Å²) in [5.74, 6) is -0.102. The zero-order chi connectivity index (χ0) is 18.3. The van der Waals surface area contributed by atoms with Gasteiger partial charge in [-0.2, -0.15) is 0 Å². The first-order valence-electron chi connectivity index (χ1n) is 9.52. The minimum absolute atomic E-state index is 0.0325. The minimum atomic E-state index is -0.511. The molecule has 0 aromatic heterocycles. The Kier molecular flexibility index (Phi) is 4.90. The van der Waals surface area contributed by atoms with Gasteiger partial charge in [0.25, 0.3) is 0 Å². The van der Waals surface area contributed by atoms with Gasteiger partial charge in [0, 0.05) is 24.3 Å². The maximum absolute atomic E-state index is 13.2. The van der Waals surface area contributed by atoms with Crippen molar-refractivity contribution in [3.8, 4) is 0 Å². The summed E-state index contributed by atoms with van der Waals surface area (Å²) in [6.07, 6.45) is 2.77. The Morgan fingerprint density at radius 1 is 1.12 bits per heavy atom. The van der Waals surface area contributed by atoms with Crippen molar-refractivity contribution in [3.63, 3.8) is 0 Å². The van der Waals surface area contributed by atoms with Crippen molar-refractivity contribution in [1.29, 1.82) is 0 Å². The Bertz CT molecular complexity index is 678. The number of benzene rings is 1. The lowest BCUT2D eigenvalue weighted by Crippen LogP contribution is -2.47. The minimum Gasteiger partial charge on any atom is -0.336 e. The standard InChI is InChI=1S/C21H30N2O2/c1-13(2)16(5)23(17-8-9-17)21(25)19-10-11-22(20(19)24)18-7-6-14(3)15(4)12-18/h6-7,12-13,16-17,19H,8-11H2,1-5H3. The van der Waals surface area contributed by atoms with Gasteiger partial charge >= 0.3 is 0 Å². The molecule has 1 saturated heterocycles. The molecule has 0 radical (unpaired) electrons. The molecule has 0 spiro atoms. The average molecular weight is 342 g/mol. The van der Waals surface area contributed by atoms with E-state index in [9.17, 15) is 9.59 Å². The quantitative estimate of drug-likeness (QED) is 0.766. The zero-order valence-corrected chi connectivity index (χ0v) is 16.1. The van der Waals surface area contributed by atoms with E-state index in [0.717, 1.165) is 18.5 Å². The highest BCUT2D eigenvalue weighted by Crippen LogP contribution is 2.35. The number of hydrogen-bond donors (Lipinski definition) is 0. The largest absolute Gasteiger partial charge is 0.336 e. The molecule has 1 saturated carbocycles. The van der Waals surface area contributed by atoms with E-state index in [-0.39, 0.29) is 17.9 Å². The molecule has 1 aromatic carbocycles. The Morgan fingerprint density at radius 2 is 1.80 bits per heavy atom. The normalized spacial score (nSPS) is 21.8. The fraction of sp³-hybridized carbons (Fsp3) is 0.619. The molecule has 1 aromatic rings. The molecule has 0 N–H and O–H groups in total. The van der Waals surface area contributed by atoms with E-state index < -0.39 is 5.92 Å². The van der Waals surface area contributed by atoms with Crippen LogP contribution in [-0.4, -0.2) is 35.3 Å². The first-order chi connectivity index (χ1) is 11.8. The van der Waals surface area contributed by atoms with Crippen LogP contribution < -0.4 is 4.90 Å². The van der Waals surface area contributed by atoms with Gasteiger partial charge in [-0.15, -0.1) is 0 Å². The first-order valence-corrected chi connectivity index (χ1v) is 9.52. The predicted molar refractivity (Wildman–Crippen MR) is 101 cm³/mol. The van der Waals surface area contributed by atoms with Crippen molar-refractivity contribution in [1.82, 2.24) is 4.90 Å². The van der Waals surface area contributed by atoms with Gasteiger partial charge in [-0.25, -0.2) is 0 Å². The van der Waals surface area contributed by atoms with Crippen molar-refractivity contribution in [2.24, 2.45) is 11.8 Å². The third-order valence-corrected chi connectivity index (χ3v) is 5.90. The van der Waals surface area contributed by atoms with E-state index in [0.29, 0.717) is 24.9 Å². The molecular formula is C21H30N2O2. The molecule has 136 valence electrons. The van der Waals surface area contributed by atoms with Crippen LogP contribution in [0.15, 0.2) is 18.2 Å². The summed E-state index contributed by atoms with van der Waals surface area (Å²) in [5.41, 5.74) is 3.31. The van der Waals surface area contributed by atoms with Crippen LogP contribution in [0.5, 0.6) is 0 Å². The number of nitrogens with zero attached hydrogens (tertiary/aromatic N) is 2. The van der Waals surface area contributed by atoms with E-state index >= 15 is 0 Å². The molecule has 1 aliphatic heterocycles. The number of anilines is 1. The highest BCUT2D eigenvalue weighted by Gasteiger charge is 2.45. The zero-order valence-electron chi connectivity index (χ0n) is 16.1. The number of aryl methyl sites for hydroxylation is 2. The lowest BCUT2D eigenvalue weighted by Gasteiger charge is -2.33. The number of carbonyl (C=O) groups excluding carboxylic acids is 2. The fourth-order valence-corrected chi connectivity index (χ4v) is 3.63. The monoisotopic (exact) mass is 342 g/mol. The van der Waals surface area contributed by atoms with Crippen LogP contribution in [0.2, 0.25) is 0 Å². The lowest BCUT2D eigenvalue weighted by molar-refractivity contribution is -0.142. The Labute approximate surface area is 151 Å². The van der Waals surface area contributed by atoms with E-state index in [2.05, 4.69) is 40.7 Å². The van der Waals surface area contributed by atoms with E-state index in [1.165, 1.54) is 11.1 Å². The molecule has 25 heavy (non-hydrogen) atoms. The molecule has 3 rings (SSSR count). The van der Waals surface area contributed by atoms with Gasteiger partial charge in [-0.3, -0.25) is 9.59 Å². The van der Waals surface area contributed by atoms with Gasteiger partial charge in [0.15, 0.2) is 0 Å². The van der Waals surface area contributed by atoms with Crippen LogP contribution in [0.4, 0.5) is 5.69 Å². The van der Waals surface area contributed by atoms with Crippen molar-refractivity contribution >= 4 is 17.5 Å².